The normalized spacial score (nSPS) is 6.64. The van der Waals surface area contributed by atoms with Gasteiger partial charge in [0.2, 0.25) is 0 Å². The molecule has 0 aliphatic rings. The van der Waals surface area contributed by atoms with E-state index in [1.165, 1.54) is 12.6 Å². The summed E-state index contributed by atoms with van der Waals surface area (Å²) >= 11 is 0. The van der Waals surface area contributed by atoms with Crippen molar-refractivity contribution in [1.29, 1.82) is 0 Å². The molecule has 64 valence electrons. The van der Waals surface area contributed by atoms with E-state index in [9.17, 15) is 0 Å². The smallest absolute Gasteiger partial charge is 0.0319 e. The summed E-state index contributed by atoms with van der Waals surface area (Å²) in [6, 6.07) is 10.3. The summed E-state index contributed by atoms with van der Waals surface area (Å²) in [5.74, 6) is 0. The molecule has 0 atom stereocenters. The van der Waals surface area contributed by atoms with Crippen LogP contribution in [0, 0.1) is 6.92 Å². The van der Waals surface area contributed by atoms with E-state index in [-0.39, 0.29) is 0 Å². The van der Waals surface area contributed by atoms with Gasteiger partial charge in [0, 0.05) is 7.11 Å². The van der Waals surface area contributed by atoms with Gasteiger partial charge in [0.05, 0.1) is 0 Å². The second-order valence-corrected chi connectivity index (χ2v) is 1.65. The number of aliphatic hydroxyl groups excluding tert-OH is 1. The number of aryl methyl sites for hydroxylation is 1. The Morgan fingerprint density at radius 2 is 1.36 bits per heavy atom. The molecule has 0 bridgehead atoms. The van der Waals surface area contributed by atoms with Crippen molar-refractivity contribution in [3.63, 3.8) is 0 Å². The zero-order chi connectivity index (χ0) is 9.11. The first-order valence-corrected chi connectivity index (χ1v) is 3.44. The molecule has 0 aliphatic heterocycles. The lowest BCUT2D eigenvalue weighted by molar-refractivity contribution is 0.399. The minimum atomic E-state index is 1.00. The van der Waals surface area contributed by atoms with Crippen molar-refractivity contribution < 1.29 is 5.11 Å². The van der Waals surface area contributed by atoms with E-state index in [0.29, 0.717) is 0 Å². The van der Waals surface area contributed by atoms with Crippen molar-refractivity contribution in [3.8, 4) is 0 Å². The van der Waals surface area contributed by atoms with Crippen LogP contribution < -0.4 is 5.73 Å². The average Bonchev–Trinajstić information content (AvgIpc) is 2.13. The number of hydrogen-bond acceptors (Lipinski definition) is 2. The molecule has 0 radical (unpaired) electrons. The van der Waals surface area contributed by atoms with Crippen LogP contribution in [0.15, 0.2) is 30.3 Å². The quantitative estimate of drug-likeness (QED) is 0.591. The van der Waals surface area contributed by atoms with E-state index in [4.69, 9.17) is 5.11 Å². The van der Waals surface area contributed by atoms with E-state index in [2.05, 4.69) is 24.8 Å². The third kappa shape index (κ3) is 9.14. The van der Waals surface area contributed by atoms with Crippen molar-refractivity contribution in [2.75, 3.05) is 14.2 Å². The second-order valence-electron chi connectivity index (χ2n) is 1.65. The summed E-state index contributed by atoms with van der Waals surface area (Å²) in [6.45, 7) is 2.08. The van der Waals surface area contributed by atoms with Crippen LogP contribution in [0.2, 0.25) is 0 Å². The molecule has 1 aromatic carbocycles. The number of rotatable bonds is 0. The molecule has 0 heterocycles. The molecule has 0 aliphatic carbocycles. The van der Waals surface area contributed by atoms with Crippen molar-refractivity contribution >= 4 is 0 Å². The molecule has 2 nitrogen and oxygen atoms in total. The highest BCUT2D eigenvalue weighted by molar-refractivity contribution is 5.11. The fraction of sp³-hybridized carbons (Fsp3) is 0.333. The van der Waals surface area contributed by atoms with Gasteiger partial charge in [-0.25, -0.2) is 0 Å². The van der Waals surface area contributed by atoms with Crippen LogP contribution in [-0.4, -0.2) is 19.3 Å². The molecule has 0 unspecified atom stereocenters. The molecule has 0 fully saturated rings. The standard InChI is InChI=1S/C7H8.CH5N.CH4O/c1-7-5-3-2-4-6-7;2*1-2/h2-6H,1H3;2H2,1H3;2H,1H3. The van der Waals surface area contributed by atoms with Gasteiger partial charge in [-0.05, 0) is 14.0 Å². The van der Waals surface area contributed by atoms with Crippen LogP contribution in [0.5, 0.6) is 0 Å². The molecule has 2 heteroatoms. The largest absolute Gasteiger partial charge is 0.400 e. The van der Waals surface area contributed by atoms with Crippen molar-refractivity contribution in [1.82, 2.24) is 0 Å². The Labute approximate surface area is 68.7 Å². The van der Waals surface area contributed by atoms with Gasteiger partial charge in [-0.3, -0.25) is 0 Å². The molecular formula is C9H17NO. The van der Waals surface area contributed by atoms with E-state index < -0.39 is 0 Å². The van der Waals surface area contributed by atoms with Gasteiger partial charge in [0.15, 0.2) is 0 Å². The average molecular weight is 155 g/mol. The minimum Gasteiger partial charge on any atom is -0.400 e. The van der Waals surface area contributed by atoms with Gasteiger partial charge < -0.3 is 10.8 Å². The van der Waals surface area contributed by atoms with Gasteiger partial charge in [-0.15, -0.1) is 0 Å². The maximum atomic E-state index is 7.00. The van der Waals surface area contributed by atoms with E-state index in [1.54, 1.807) is 0 Å². The molecule has 1 aromatic rings. The number of aliphatic hydroxyl groups is 1. The molecule has 0 aromatic heterocycles. The van der Waals surface area contributed by atoms with Crippen molar-refractivity contribution in [2.24, 2.45) is 5.73 Å². The van der Waals surface area contributed by atoms with Gasteiger partial charge in [0.25, 0.3) is 0 Å². The summed E-state index contributed by atoms with van der Waals surface area (Å²) in [6.07, 6.45) is 0. The maximum absolute atomic E-state index is 7.00. The second kappa shape index (κ2) is 11.9. The zero-order valence-corrected chi connectivity index (χ0v) is 7.41. The first kappa shape index (κ1) is 12.8. The van der Waals surface area contributed by atoms with Crippen LogP contribution in [0.25, 0.3) is 0 Å². The molecule has 0 amide bonds. The van der Waals surface area contributed by atoms with E-state index in [1.807, 2.05) is 18.2 Å². The zero-order valence-electron chi connectivity index (χ0n) is 7.41. The SMILES string of the molecule is CN.CO.Cc1ccccc1. The van der Waals surface area contributed by atoms with Crippen LogP contribution in [0.4, 0.5) is 0 Å². The Morgan fingerprint density at radius 1 is 1.00 bits per heavy atom. The topological polar surface area (TPSA) is 46.2 Å². The molecule has 11 heavy (non-hydrogen) atoms. The summed E-state index contributed by atoms with van der Waals surface area (Å²) in [4.78, 5) is 0. The number of benzene rings is 1. The Kier molecular flexibility index (Phi) is 13.8. The summed E-state index contributed by atoms with van der Waals surface area (Å²) in [5, 5.41) is 7.00. The highest BCUT2D eigenvalue weighted by Crippen LogP contribution is 1.92. The molecule has 1 rings (SSSR count). The van der Waals surface area contributed by atoms with Gasteiger partial charge in [0.1, 0.15) is 0 Å². The summed E-state index contributed by atoms with van der Waals surface area (Å²) in [7, 11) is 2.50. The summed E-state index contributed by atoms with van der Waals surface area (Å²) in [5.41, 5.74) is 5.82. The van der Waals surface area contributed by atoms with Crippen LogP contribution in [0.1, 0.15) is 5.56 Å². The first-order valence-electron chi connectivity index (χ1n) is 3.44. The lowest BCUT2D eigenvalue weighted by Gasteiger charge is -1.82. The third-order valence-electron chi connectivity index (χ3n) is 0.940. The summed E-state index contributed by atoms with van der Waals surface area (Å²) < 4.78 is 0. The van der Waals surface area contributed by atoms with Gasteiger partial charge in [-0.1, -0.05) is 35.9 Å². The number of hydrogen-bond donors (Lipinski definition) is 2. The highest BCUT2D eigenvalue weighted by atomic mass is 16.2. The predicted molar refractivity (Wildman–Crippen MR) is 49.4 cm³/mol. The Hall–Kier alpha value is -0.860. The van der Waals surface area contributed by atoms with Crippen LogP contribution in [-0.2, 0) is 0 Å². The van der Waals surface area contributed by atoms with Crippen molar-refractivity contribution in [2.45, 2.75) is 6.92 Å². The Balaban J connectivity index is 0. The molecule has 0 saturated carbocycles. The van der Waals surface area contributed by atoms with Gasteiger partial charge >= 0.3 is 0 Å². The maximum Gasteiger partial charge on any atom is 0.0319 e. The fourth-order valence-electron chi connectivity index (χ4n) is 0.534. The molecular weight excluding hydrogens is 138 g/mol. The monoisotopic (exact) mass is 155 g/mol. The van der Waals surface area contributed by atoms with E-state index >= 15 is 0 Å². The Bertz CT molecular complexity index is 139. The van der Waals surface area contributed by atoms with Crippen LogP contribution in [0.3, 0.4) is 0 Å². The van der Waals surface area contributed by atoms with E-state index in [0.717, 1.165) is 7.11 Å². The predicted octanol–water partition coefficient (Wildman–Crippen LogP) is 1.18. The fourth-order valence-corrected chi connectivity index (χ4v) is 0.534. The number of nitrogens with two attached hydrogens (primary N) is 1. The van der Waals surface area contributed by atoms with Crippen molar-refractivity contribution in [3.05, 3.63) is 35.9 Å². The lowest BCUT2D eigenvalue weighted by Crippen LogP contribution is -1.69. The highest BCUT2D eigenvalue weighted by Gasteiger charge is 1.72. The minimum absolute atomic E-state index is 1.00. The molecule has 0 spiro atoms. The van der Waals surface area contributed by atoms with Gasteiger partial charge in [-0.2, -0.15) is 0 Å². The first-order chi connectivity index (χ1) is 5.39. The Morgan fingerprint density at radius 3 is 1.55 bits per heavy atom. The molecule has 0 saturated heterocycles. The lowest BCUT2D eigenvalue weighted by atomic mass is 10.2. The van der Waals surface area contributed by atoms with Crippen LogP contribution >= 0.6 is 0 Å². The third-order valence-corrected chi connectivity index (χ3v) is 0.940. The molecule has 3 N–H and O–H groups in total.